The average Bonchev–Trinajstić information content (AvgIpc) is 4.05. The van der Waals surface area contributed by atoms with Crippen LogP contribution in [0.25, 0.3) is 0 Å². The third-order valence-electron chi connectivity index (χ3n) is 12.1. The van der Waals surface area contributed by atoms with Crippen LogP contribution in [0.15, 0.2) is 146 Å². The highest BCUT2D eigenvalue weighted by Gasteiger charge is 2.41. The van der Waals surface area contributed by atoms with E-state index < -0.39 is 16.2 Å². The molecular weight excluding hydrogens is 709 g/mol. The van der Waals surface area contributed by atoms with Gasteiger partial charge in [0.05, 0.1) is 16.2 Å². The topological polar surface area (TPSA) is 144 Å². The number of aromatic nitrogens is 4. The van der Waals surface area contributed by atoms with Crippen molar-refractivity contribution < 1.29 is 20.4 Å². The number of H-pyrrole nitrogens is 4. The van der Waals surface area contributed by atoms with Gasteiger partial charge in [0.1, 0.15) is 23.0 Å². The molecule has 0 aliphatic rings. The van der Waals surface area contributed by atoms with Crippen molar-refractivity contribution in [2.24, 2.45) is 0 Å². The Morgan fingerprint density at radius 2 is 0.719 bits per heavy atom. The van der Waals surface area contributed by atoms with Crippen molar-refractivity contribution >= 4 is 0 Å². The summed E-state index contributed by atoms with van der Waals surface area (Å²) in [4.78, 5) is 15.0. The standard InChI is InChI=1S/C49H48N4O4/c1-5-35-18-20-41(50-35)47(2,32-11-7-15-38(55)28-32)43-22-24-45(52-43)49(4,34-13-9-17-40(57)30-34)46-25-23-44(53-46)48(3,33-12-8-16-39(56)29-33)42-21-19-36(51-42)26-31-10-6-14-37(54)27-31/h6-25,27-30,50-57H,5,26H2,1-4H3/t47-,48+,49-/m1/s1. The summed E-state index contributed by atoms with van der Waals surface area (Å²) in [5.41, 5.74) is 9.09. The first-order valence-corrected chi connectivity index (χ1v) is 19.3. The fourth-order valence-corrected chi connectivity index (χ4v) is 8.44. The predicted molar refractivity (Wildman–Crippen MR) is 224 cm³/mol. The lowest BCUT2D eigenvalue weighted by Gasteiger charge is -2.32. The van der Waals surface area contributed by atoms with Crippen LogP contribution in [0.4, 0.5) is 0 Å². The zero-order valence-electron chi connectivity index (χ0n) is 32.6. The lowest BCUT2D eigenvalue weighted by atomic mass is 9.76. The Morgan fingerprint density at radius 3 is 1.09 bits per heavy atom. The van der Waals surface area contributed by atoms with Crippen molar-refractivity contribution in [1.29, 1.82) is 0 Å². The molecule has 4 heterocycles. The Hall–Kier alpha value is -6.80. The number of phenolic OH excluding ortho intramolecular Hbond substituents is 4. The number of benzene rings is 4. The summed E-state index contributed by atoms with van der Waals surface area (Å²) in [6.45, 7) is 8.57. The summed E-state index contributed by atoms with van der Waals surface area (Å²) < 4.78 is 0. The van der Waals surface area contributed by atoms with Gasteiger partial charge in [-0.25, -0.2) is 0 Å². The molecule has 3 atom stereocenters. The molecule has 0 bridgehead atoms. The van der Waals surface area contributed by atoms with Crippen molar-refractivity contribution in [1.82, 2.24) is 19.9 Å². The Morgan fingerprint density at radius 1 is 0.386 bits per heavy atom. The molecule has 8 heteroatoms. The second-order valence-corrected chi connectivity index (χ2v) is 15.6. The zero-order valence-corrected chi connectivity index (χ0v) is 32.6. The van der Waals surface area contributed by atoms with Crippen LogP contribution in [0.5, 0.6) is 23.0 Å². The molecule has 4 aromatic heterocycles. The molecule has 4 aromatic carbocycles. The van der Waals surface area contributed by atoms with Crippen molar-refractivity contribution in [2.75, 3.05) is 0 Å². The lowest BCUT2D eigenvalue weighted by Crippen LogP contribution is -2.30. The molecule has 0 saturated heterocycles. The summed E-state index contributed by atoms with van der Waals surface area (Å²) in [5, 5.41) is 42.3. The summed E-state index contributed by atoms with van der Waals surface area (Å²) in [5.74, 6) is 0.754. The molecular formula is C49H48N4O4. The van der Waals surface area contributed by atoms with Crippen LogP contribution in [0.3, 0.4) is 0 Å². The van der Waals surface area contributed by atoms with Gasteiger partial charge in [0.2, 0.25) is 0 Å². The van der Waals surface area contributed by atoms with Gasteiger partial charge < -0.3 is 40.4 Å². The molecule has 0 amide bonds. The van der Waals surface area contributed by atoms with E-state index >= 15 is 0 Å². The van der Waals surface area contributed by atoms with Gasteiger partial charge in [-0.3, -0.25) is 0 Å². The van der Waals surface area contributed by atoms with E-state index in [0.717, 1.165) is 74.2 Å². The molecule has 57 heavy (non-hydrogen) atoms. The smallest absolute Gasteiger partial charge is 0.115 e. The summed E-state index contributed by atoms with van der Waals surface area (Å²) in [7, 11) is 0. The molecule has 0 spiro atoms. The van der Waals surface area contributed by atoms with Gasteiger partial charge in [-0.15, -0.1) is 0 Å². The summed E-state index contributed by atoms with van der Waals surface area (Å²) in [6, 6.07) is 46.2. The van der Waals surface area contributed by atoms with Gasteiger partial charge in [-0.1, -0.05) is 55.5 Å². The van der Waals surface area contributed by atoms with Crippen LogP contribution in [0.1, 0.15) is 95.5 Å². The quantitative estimate of drug-likeness (QED) is 0.0628. The molecule has 288 valence electrons. The minimum Gasteiger partial charge on any atom is -0.508 e. The van der Waals surface area contributed by atoms with E-state index in [9.17, 15) is 20.4 Å². The van der Waals surface area contributed by atoms with Crippen LogP contribution in [-0.2, 0) is 29.1 Å². The van der Waals surface area contributed by atoms with Crippen LogP contribution in [0.2, 0.25) is 0 Å². The number of aromatic hydroxyl groups is 4. The van der Waals surface area contributed by atoms with Crippen LogP contribution < -0.4 is 0 Å². The van der Waals surface area contributed by atoms with E-state index in [0.29, 0.717) is 6.42 Å². The number of aromatic amines is 4. The fraction of sp³-hybridized carbons (Fsp3) is 0.184. The van der Waals surface area contributed by atoms with E-state index in [1.165, 1.54) is 0 Å². The molecule has 0 fully saturated rings. The molecule has 0 aliphatic carbocycles. The zero-order chi connectivity index (χ0) is 40.0. The van der Waals surface area contributed by atoms with Gasteiger partial charge in [-0.2, -0.15) is 0 Å². The van der Waals surface area contributed by atoms with Crippen molar-refractivity contribution in [3.63, 3.8) is 0 Å². The van der Waals surface area contributed by atoms with E-state index in [2.05, 4.69) is 96.2 Å². The second kappa shape index (κ2) is 14.4. The third kappa shape index (κ3) is 6.57. The fourth-order valence-electron chi connectivity index (χ4n) is 8.44. The van der Waals surface area contributed by atoms with Crippen LogP contribution >= 0.6 is 0 Å². The molecule has 0 aliphatic heterocycles. The Kier molecular flexibility index (Phi) is 9.36. The maximum atomic E-state index is 10.8. The maximum Gasteiger partial charge on any atom is 0.115 e. The first kappa shape index (κ1) is 37.1. The highest BCUT2D eigenvalue weighted by molar-refractivity contribution is 5.54. The number of hydrogen-bond acceptors (Lipinski definition) is 4. The lowest BCUT2D eigenvalue weighted by molar-refractivity contribution is 0.472. The van der Waals surface area contributed by atoms with Crippen molar-refractivity contribution in [3.8, 4) is 23.0 Å². The molecule has 0 saturated carbocycles. The monoisotopic (exact) mass is 756 g/mol. The highest BCUT2D eigenvalue weighted by Crippen LogP contribution is 2.46. The van der Waals surface area contributed by atoms with E-state index in [4.69, 9.17) is 0 Å². The number of nitrogens with one attached hydrogen (secondary N) is 4. The van der Waals surface area contributed by atoms with Gasteiger partial charge in [-0.05, 0) is 147 Å². The average molecular weight is 757 g/mol. The minimum atomic E-state index is -0.810. The van der Waals surface area contributed by atoms with E-state index in [1.807, 2.05) is 54.6 Å². The number of phenols is 4. The summed E-state index contributed by atoms with van der Waals surface area (Å²) in [6.07, 6.45) is 1.47. The first-order chi connectivity index (χ1) is 27.4. The largest absolute Gasteiger partial charge is 0.508 e. The SMILES string of the molecule is CCc1ccc([C@@](C)(c2cccc(O)c2)c2ccc([C@@](C)(c3cccc(O)c3)c3ccc([C@@](C)(c4cccc(O)c4)c4ccc(Cc5cccc(O)c5)[nH]4)[nH]3)[nH]2)[nH]1. The Labute approximate surface area is 332 Å². The van der Waals surface area contributed by atoms with Gasteiger partial charge in [0, 0.05) is 52.0 Å². The van der Waals surface area contributed by atoms with Gasteiger partial charge >= 0.3 is 0 Å². The minimum absolute atomic E-state index is 0.163. The van der Waals surface area contributed by atoms with Crippen LogP contribution in [-0.4, -0.2) is 40.4 Å². The van der Waals surface area contributed by atoms with Gasteiger partial charge in [0.15, 0.2) is 0 Å². The second-order valence-electron chi connectivity index (χ2n) is 15.6. The molecule has 8 nitrogen and oxygen atoms in total. The maximum absolute atomic E-state index is 10.8. The molecule has 8 rings (SSSR count). The molecule has 0 unspecified atom stereocenters. The third-order valence-corrected chi connectivity index (χ3v) is 12.1. The highest BCUT2D eigenvalue weighted by atomic mass is 16.3. The van der Waals surface area contributed by atoms with Crippen molar-refractivity contribution in [2.45, 2.75) is 56.8 Å². The molecule has 8 N–H and O–H groups in total. The first-order valence-electron chi connectivity index (χ1n) is 19.3. The number of rotatable bonds is 12. The van der Waals surface area contributed by atoms with E-state index in [1.54, 1.807) is 42.5 Å². The normalized spacial score (nSPS) is 14.8. The van der Waals surface area contributed by atoms with Gasteiger partial charge in [0.25, 0.3) is 0 Å². The Balaban J connectivity index is 1.27. The predicted octanol–water partition coefficient (Wildman–Crippen LogP) is 10.0. The Bertz CT molecular complexity index is 2680. The number of hydrogen-bond donors (Lipinski definition) is 8. The molecule has 0 radical (unpaired) electrons. The number of aryl methyl sites for hydroxylation is 1. The van der Waals surface area contributed by atoms with Crippen molar-refractivity contribution in [3.05, 3.63) is 213 Å². The van der Waals surface area contributed by atoms with Crippen LogP contribution in [0, 0.1) is 0 Å². The summed E-state index contributed by atoms with van der Waals surface area (Å²) >= 11 is 0. The van der Waals surface area contributed by atoms with E-state index in [-0.39, 0.29) is 23.0 Å². The molecule has 8 aromatic rings.